The molecule has 0 unspecified atom stereocenters. The van der Waals surface area contributed by atoms with Crippen molar-refractivity contribution in [3.63, 3.8) is 0 Å². The van der Waals surface area contributed by atoms with Crippen LogP contribution in [-0.2, 0) is 5.41 Å². The Morgan fingerprint density at radius 3 is 2.33 bits per heavy atom. The van der Waals surface area contributed by atoms with Gasteiger partial charge in [-0.15, -0.1) is 0 Å². The molecule has 0 amide bonds. The summed E-state index contributed by atoms with van der Waals surface area (Å²) in [5.41, 5.74) is 0.795. The molecule has 0 spiro atoms. The fourth-order valence-electron chi connectivity index (χ4n) is 3.36. The molecule has 1 aromatic heterocycles. The van der Waals surface area contributed by atoms with Crippen molar-refractivity contribution in [2.24, 2.45) is 0 Å². The van der Waals surface area contributed by atoms with Gasteiger partial charge in [0.1, 0.15) is 16.8 Å². The van der Waals surface area contributed by atoms with E-state index in [0.29, 0.717) is 5.69 Å². The maximum absolute atomic E-state index is 11.7. The first-order valence-electron chi connectivity index (χ1n) is 7.68. The molecular weight excluding hydrogens is 306 g/mol. The van der Waals surface area contributed by atoms with Gasteiger partial charge in [0.05, 0.1) is 5.69 Å². The van der Waals surface area contributed by atoms with Gasteiger partial charge in [-0.05, 0) is 24.5 Å². The minimum absolute atomic E-state index is 0.0971. The Kier molecular flexibility index (Phi) is 3.00. The summed E-state index contributed by atoms with van der Waals surface area (Å²) in [6.07, 6.45) is 1.55. The van der Waals surface area contributed by atoms with E-state index in [1.807, 2.05) is 30.3 Å². The smallest absolute Gasteiger partial charge is 0.340 e. The number of phenols is 1. The molecule has 0 saturated heterocycles. The molecule has 1 heterocycles. The van der Waals surface area contributed by atoms with Crippen molar-refractivity contribution >= 4 is 16.9 Å². The predicted molar refractivity (Wildman–Crippen MR) is 88.5 cm³/mol. The predicted octanol–water partition coefficient (Wildman–Crippen LogP) is 3.42. The SMILES string of the molecule is O=C(O)c1c(O)c(C2(c3ccccc3)CC2)nc2c(O)cccc12. The zero-order valence-electron chi connectivity index (χ0n) is 12.7. The Bertz CT molecular complexity index is 962. The number of carboxylic acids is 1. The van der Waals surface area contributed by atoms with Gasteiger partial charge in [-0.2, -0.15) is 0 Å². The number of para-hydroxylation sites is 1. The number of nitrogens with zero attached hydrogens (tertiary/aromatic N) is 1. The highest BCUT2D eigenvalue weighted by Gasteiger charge is 2.50. The number of hydrogen-bond acceptors (Lipinski definition) is 4. The third-order valence-corrected chi connectivity index (χ3v) is 4.71. The van der Waals surface area contributed by atoms with Crippen LogP contribution in [0.4, 0.5) is 0 Å². The molecule has 3 aromatic rings. The molecule has 0 aliphatic heterocycles. The maximum atomic E-state index is 11.7. The monoisotopic (exact) mass is 321 g/mol. The molecule has 2 aromatic carbocycles. The lowest BCUT2D eigenvalue weighted by Gasteiger charge is -2.19. The van der Waals surface area contributed by atoms with Crippen LogP contribution < -0.4 is 0 Å². The standard InChI is InChI=1S/C19H15NO4/c21-13-8-4-7-12-14(18(23)24)16(22)17(20-15(12)13)19(9-10-19)11-5-2-1-3-6-11/h1-8,21-22H,9-10H2,(H,23,24). The lowest BCUT2D eigenvalue weighted by Crippen LogP contribution is -2.14. The number of aromatic hydroxyl groups is 2. The fourth-order valence-corrected chi connectivity index (χ4v) is 3.36. The molecule has 3 N–H and O–H groups in total. The van der Waals surface area contributed by atoms with E-state index in [0.717, 1.165) is 18.4 Å². The molecular formula is C19H15NO4. The topological polar surface area (TPSA) is 90.7 Å². The van der Waals surface area contributed by atoms with Gasteiger partial charge in [0.2, 0.25) is 0 Å². The number of carboxylic acid groups (broad SMARTS) is 1. The molecule has 0 bridgehead atoms. The zero-order chi connectivity index (χ0) is 16.9. The number of pyridine rings is 1. The Morgan fingerprint density at radius 2 is 1.71 bits per heavy atom. The van der Waals surface area contributed by atoms with Gasteiger partial charge in [-0.3, -0.25) is 0 Å². The van der Waals surface area contributed by atoms with E-state index in [1.165, 1.54) is 18.2 Å². The molecule has 1 aliphatic rings. The van der Waals surface area contributed by atoms with E-state index in [-0.39, 0.29) is 28.0 Å². The highest BCUT2D eigenvalue weighted by molar-refractivity contribution is 6.06. The van der Waals surface area contributed by atoms with Crippen LogP contribution in [-0.4, -0.2) is 26.3 Å². The quantitative estimate of drug-likeness (QED) is 0.687. The molecule has 1 saturated carbocycles. The highest BCUT2D eigenvalue weighted by atomic mass is 16.4. The third-order valence-electron chi connectivity index (χ3n) is 4.71. The highest BCUT2D eigenvalue weighted by Crippen LogP contribution is 2.56. The second-order valence-electron chi connectivity index (χ2n) is 6.11. The molecule has 0 radical (unpaired) electrons. The summed E-state index contributed by atoms with van der Waals surface area (Å²) in [5.74, 6) is -1.65. The van der Waals surface area contributed by atoms with E-state index in [9.17, 15) is 20.1 Å². The molecule has 1 fully saturated rings. The van der Waals surface area contributed by atoms with Gasteiger partial charge >= 0.3 is 5.97 Å². The van der Waals surface area contributed by atoms with Crippen LogP contribution in [0.2, 0.25) is 0 Å². The Balaban J connectivity index is 2.06. The van der Waals surface area contributed by atoms with E-state index in [4.69, 9.17) is 0 Å². The molecule has 5 heteroatoms. The first-order valence-corrected chi connectivity index (χ1v) is 7.68. The van der Waals surface area contributed by atoms with Crippen LogP contribution in [0.1, 0.15) is 34.5 Å². The summed E-state index contributed by atoms with van der Waals surface area (Å²) >= 11 is 0. The largest absolute Gasteiger partial charge is 0.506 e. The van der Waals surface area contributed by atoms with Crippen LogP contribution in [0.25, 0.3) is 10.9 Å². The summed E-state index contributed by atoms with van der Waals surface area (Å²) in [6.45, 7) is 0. The summed E-state index contributed by atoms with van der Waals surface area (Å²) in [4.78, 5) is 16.2. The van der Waals surface area contributed by atoms with Gasteiger partial charge in [0.25, 0.3) is 0 Å². The number of benzene rings is 2. The van der Waals surface area contributed by atoms with Crippen LogP contribution in [0.3, 0.4) is 0 Å². The lowest BCUT2D eigenvalue weighted by atomic mass is 9.89. The van der Waals surface area contributed by atoms with Gasteiger partial charge in [-0.1, -0.05) is 42.5 Å². The van der Waals surface area contributed by atoms with E-state index in [1.54, 1.807) is 0 Å². The summed E-state index contributed by atoms with van der Waals surface area (Å²) < 4.78 is 0. The third kappa shape index (κ3) is 1.94. The fraction of sp³-hybridized carbons (Fsp3) is 0.158. The summed E-state index contributed by atoms with van der Waals surface area (Å²) in [5, 5.41) is 30.6. The van der Waals surface area contributed by atoms with E-state index >= 15 is 0 Å². The number of phenolic OH excluding ortho intramolecular Hbond substituents is 1. The average Bonchev–Trinajstić information content (AvgIpc) is 3.37. The van der Waals surface area contributed by atoms with Crippen LogP contribution >= 0.6 is 0 Å². The molecule has 24 heavy (non-hydrogen) atoms. The number of aromatic nitrogens is 1. The average molecular weight is 321 g/mol. The Hall–Kier alpha value is -3.08. The lowest BCUT2D eigenvalue weighted by molar-refractivity contribution is 0.0695. The second-order valence-corrected chi connectivity index (χ2v) is 6.11. The van der Waals surface area contributed by atoms with Gasteiger partial charge in [0.15, 0.2) is 5.75 Å². The second kappa shape index (κ2) is 4.96. The number of fused-ring (bicyclic) bond motifs is 1. The van der Waals surface area contributed by atoms with Gasteiger partial charge < -0.3 is 15.3 Å². The first-order chi connectivity index (χ1) is 11.5. The molecule has 5 nitrogen and oxygen atoms in total. The number of hydrogen-bond donors (Lipinski definition) is 3. The summed E-state index contributed by atoms with van der Waals surface area (Å²) in [6, 6.07) is 14.1. The molecule has 1 aliphatic carbocycles. The van der Waals surface area contributed by atoms with Crippen molar-refractivity contribution in [1.82, 2.24) is 4.98 Å². The van der Waals surface area contributed by atoms with Crippen molar-refractivity contribution < 1.29 is 20.1 Å². The first kappa shape index (κ1) is 14.5. The number of rotatable bonds is 3. The van der Waals surface area contributed by atoms with Crippen LogP contribution in [0.15, 0.2) is 48.5 Å². The van der Waals surface area contributed by atoms with Crippen molar-refractivity contribution in [1.29, 1.82) is 0 Å². The minimum atomic E-state index is -1.24. The van der Waals surface area contributed by atoms with Crippen molar-refractivity contribution in [2.45, 2.75) is 18.3 Å². The van der Waals surface area contributed by atoms with Crippen molar-refractivity contribution in [3.05, 3.63) is 65.4 Å². The maximum Gasteiger partial charge on any atom is 0.340 e. The van der Waals surface area contributed by atoms with E-state index in [2.05, 4.69) is 4.98 Å². The summed E-state index contributed by atoms with van der Waals surface area (Å²) in [7, 11) is 0. The van der Waals surface area contributed by atoms with E-state index < -0.39 is 11.4 Å². The Labute approximate surface area is 137 Å². The zero-order valence-corrected chi connectivity index (χ0v) is 12.7. The number of carbonyl (C=O) groups is 1. The normalized spacial score (nSPS) is 15.3. The van der Waals surface area contributed by atoms with Crippen LogP contribution in [0, 0.1) is 0 Å². The minimum Gasteiger partial charge on any atom is -0.506 e. The molecule has 4 rings (SSSR count). The van der Waals surface area contributed by atoms with Crippen molar-refractivity contribution in [3.8, 4) is 11.5 Å². The van der Waals surface area contributed by atoms with Crippen LogP contribution in [0.5, 0.6) is 11.5 Å². The Morgan fingerprint density at radius 1 is 1.00 bits per heavy atom. The van der Waals surface area contributed by atoms with Gasteiger partial charge in [-0.25, -0.2) is 9.78 Å². The molecule has 0 atom stereocenters. The van der Waals surface area contributed by atoms with Gasteiger partial charge in [0, 0.05) is 10.8 Å². The van der Waals surface area contributed by atoms with Crippen molar-refractivity contribution in [2.75, 3.05) is 0 Å². The molecule has 120 valence electrons. The number of aromatic carboxylic acids is 1.